The second-order valence-corrected chi connectivity index (χ2v) is 7.77. The summed E-state index contributed by atoms with van der Waals surface area (Å²) in [5.41, 5.74) is 1.72. The summed E-state index contributed by atoms with van der Waals surface area (Å²) in [4.78, 5) is 18.3. The third kappa shape index (κ3) is 9.30. The van der Waals surface area contributed by atoms with Gasteiger partial charge in [0.25, 0.3) is 0 Å². The first-order chi connectivity index (χ1) is 12.3. The Morgan fingerprint density at radius 3 is 2.33 bits per heavy atom. The Kier molecular flexibility index (Phi) is 9.35. The second-order valence-electron chi connectivity index (χ2n) is 7.77. The van der Waals surface area contributed by atoms with Crippen molar-refractivity contribution in [3.8, 4) is 0 Å². The molecule has 0 bridgehead atoms. The van der Waals surface area contributed by atoms with E-state index in [1.165, 1.54) is 12.8 Å². The van der Waals surface area contributed by atoms with Crippen LogP contribution in [0.1, 0.15) is 51.7 Å². The van der Waals surface area contributed by atoms with Crippen molar-refractivity contribution in [2.75, 3.05) is 13.6 Å². The molecule has 0 heterocycles. The van der Waals surface area contributed by atoms with Gasteiger partial charge in [0.1, 0.15) is 5.60 Å². The zero-order chi connectivity index (χ0) is 19.2. The number of halogens is 1. The van der Waals surface area contributed by atoms with Gasteiger partial charge in [-0.25, -0.2) is 9.79 Å². The van der Waals surface area contributed by atoms with Gasteiger partial charge in [0.2, 0.25) is 0 Å². The molecule has 2 N–H and O–H groups in total. The van der Waals surface area contributed by atoms with Crippen molar-refractivity contribution in [1.82, 2.24) is 15.5 Å². The maximum atomic E-state index is 12.0. The highest BCUT2D eigenvalue weighted by Gasteiger charge is 2.22. The Morgan fingerprint density at radius 1 is 1.22 bits per heavy atom. The molecule has 7 heteroatoms. The topological polar surface area (TPSA) is 66.0 Å². The van der Waals surface area contributed by atoms with Gasteiger partial charge in [0.05, 0.1) is 6.54 Å². The number of carbonyl (C=O) groups excluding carboxylic acids is 1. The number of nitrogens with one attached hydrogen (secondary N) is 2. The molecule has 0 radical (unpaired) electrons. The maximum Gasteiger partial charge on any atom is 0.410 e. The molecule has 1 saturated carbocycles. The Morgan fingerprint density at radius 2 is 1.81 bits per heavy atom. The molecule has 1 aromatic carbocycles. The molecule has 1 fully saturated rings. The summed E-state index contributed by atoms with van der Waals surface area (Å²) in [6.45, 7) is 9.68. The SMILES string of the molecule is CCNC(=NCc1ccc(CN(C)C(=O)OC(C)(C)C)cc1)NC1CC1.I. The lowest BCUT2D eigenvalue weighted by Crippen LogP contribution is -2.38. The summed E-state index contributed by atoms with van der Waals surface area (Å²) in [6, 6.07) is 8.77. The smallest absolute Gasteiger partial charge is 0.410 e. The van der Waals surface area contributed by atoms with Crippen LogP contribution < -0.4 is 10.6 Å². The van der Waals surface area contributed by atoms with Crippen LogP contribution in [-0.4, -0.2) is 42.2 Å². The number of benzene rings is 1. The molecule has 2 rings (SSSR count). The Hall–Kier alpha value is -1.51. The van der Waals surface area contributed by atoms with Crippen LogP contribution in [0.5, 0.6) is 0 Å². The summed E-state index contributed by atoms with van der Waals surface area (Å²) in [7, 11) is 1.75. The lowest BCUT2D eigenvalue weighted by atomic mass is 10.1. The lowest BCUT2D eigenvalue weighted by molar-refractivity contribution is 0.0285. The highest BCUT2D eigenvalue weighted by atomic mass is 127. The first kappa shape index (κ1) is 23.5. The average molecular weight is 488 g/mol. The van der Waals surface area contributed by atoms with E-state index in [0.29, 0.717) is 19.1 Å². The monoisotopic (exact) mass is 488 g/mol. The van der Waals surface area contributed by atoms with E-state index in [9.17, 15) is 4.79 Å². The van der Waals surface area contributed by atoms with E-state index < -0.39 is 5.60 Å². The van der Waals surface area contributed by atoms with Crippen LogP contribution in [0.3, 0.4) is 0 Å². The third-order valence-corrected chi connectivity index (χ3v) is 3.83. The van der Waals surface area contributed by atoms with Crippen LogP contribution in [0.25, 0.3) is 0 Å². The number of amides is 1. The minimum atomic E-state index is -0.480. The van der Waals surface area contributed by atoms with Crippen molar-refractivity contribution in [3.05, 3.63) is 35.4 Å². The van der Waals surface area contributed by atoms with E-state index >= 15 is 0 Å². The number of ether oxygens (including phenoxy) is 1. The second kappa shape index (κ2) is 10.7. The van der Waals surface area contributed by atoms with Crippen molar-refractivity contribution >= 4 is 36.0 Å². The van der Waals surface area contributed by atoms with Gasteiger partial charge in [-0.1, -0.05) is 24.3 Å². The predicted molar refractivity (Wildman–Crippen MR) is 121 cm³/mol. The molecule has 152 valence electrons. The van der Waals surface area contributed by atoms with Gasteiger partial charge >= 0.3 is 6.09 Å². The molecule has 1 aliphatic rings. The number of hydrogen-bond donors (Lipinski definition) is 2. The molecule has 0 unspecified atom stereocenters. The predicted octanol–water partition coefficient (Wildman–Crippen LogP) is 3.89. The van der Waals surface area contributed by atoms with Gasteiger partial charge in [-0.15, -0.1) is 24.0 Å². The van der Waals surface area contributed by atoms with Crippen LogP contribution in [0, 0.1) is 0 Å². The first-order valence-corrected chi connectivity index (χ1v) is 9.33. The zero-order valence-electron chi connectivity index (χ0n) is 17.0. The van der Waals surface area contributed by atoms with Gasteiger partial charge in [0, 0.05) is 26.2 Å². The fraction of sp³-hybridized carbons (Fsp3) is 0.600. The summed E-state index contributed by atoms with van der Waals surface area (Å²) in [6.07, 6.45) is 2.14. The first-order valence-electron chi connectivity index (χ1n) is 9.33. The van der Waals surface area contributed by atoms with E-state index in [0.717, 1.165) is 23.6 Å². The van der Waals surface area contributed by atoms with Gasteiger partial charge < -0.3 is 20.3 Å². The van der Waals surface area contributed by atoms with Gasteiger partial charge in [-0.05, 0) is 51.7 Å². The van der Waals surface area contributed by atoms with Gasteiger partial charge in [0.15, 0.2) is 5.96 Å². The molecule has 27 heavy (non-hydrogen) atoms. The van der Waals surface area contributed by atoms with Gasteiger partial charge in [-0.3, -0.25) is 0 Å². The zero-order valence-corrected chi connectivity index (χ0v) is 19.4. The largest absolute Gasteiger partial charge is 0.444 e. The molecule has 0 aromatic heterocycles. The number of guanidine groups is 1. The molecule has 1 aromatic rings. The summed E-state index contributed by atoms with van der Waals surface area (Å²) < 4.78 is 5.38. The van der Waals surface area contributed by atoms with E-state index in [1.54, 1.807) is 11.9 Å². The summed E-state index contributed by atoms with van der Waals surface area (Å²) in [5.74, 6) is 0.878. The Balaban J connectivity index is 0.00000364. The van der Waals surface area contributed by atoms with Crippen LogP contribution in [0.2, 0.25) is 0 Å². The molecule has 6 nitrogen and oxygen atoms in total. The van der Waals surface area contributed by atoms with Gasteiger partial charge in [-0.2, -0.15) is 0 Å². The average Bonchev–Trinajstić information content (AvgIpc) is 3.36. The van der Waals surface area contributed by atoms with Crippen molar-refractivity contribution in [2.24, 2.45) is 4.99 Å². The molecule has 0 saturated heterocycles. The quantitative estimate of drug-likeness (QED) is 0.362. The molecule has 0 aliphatic heterocycles. The number of carbonyl (C=O) groups is 1. The number of aliphatic imine (C=N–C) groups is 1. The number of hydrogen-bond acceptors (Lipinski definition) is 3. The fourth-order valence-corrected chi connectivity index (χ4v) is 2.34. The van der Waals surface area contributed by atoms with E-state index in [-0.39, 0.29) is 30.1 Å². The minimum Gasteiger partial charge on any atom is -0.444 e. The highest BCUT2D eigenvalue weighted by Crippen LogP contribution is 2.18. The van der Waals surface area contributed by atoms with Crippen molar-refractivity contribution in [2.45, 2.75) is 65.3 Å². The fourth-order valence-electron chi connectivity index (χ4n) is 2.34. The minimum absolute atomic E-state index is 0. The number of rotatable bonds is 6. The van der Waals surface area contributed by atoms with Crippen molar-refractivity contribution < 1.29 is 9.53 Å². The molecule has 0 atom stereocenters. The van der Waals surface area contributed by atoms with Crippen LogP contribution in [-0.2, 0) is 17.8 Å². The van der Waals surface area contributed by atoms with Crippen molar-refractivity contribution in [1.29, 1.82) is 0 Å². The van der Waals surface area contributed by atoms with E-state index in [1.807, 2.05) is 32.9 Å². The third-order valence-electron chi connectivity index (χ3n) is 3.83. The maximum absolute atomic E-state index is 12.0. The van der Waals surface area contributed by atoms with E-state index in [2.05, 4.69) is 34.7 Å². The Labute approximate surface area is 180 Å². The molecule has 1 amide bonds. The lowest BCUT2D eigenvalue weighted by Gasteiger charge is -2.24. The summed E-state index contributed by atoms with van der Waals surface area (Å²) >= 11 is 0. The normalized spacial score (nSPS) is 14.2. The standard InChI is InChI=1S/C20H32N4O2.HI/c1-6-21-18(23-17-11-12-17)22-13-15-7-9-16(10-8-15)14-24(5)19(25)26-20(2,3)4;/h7-10,17H,6,11-14H2,1-5H3,(H2,21,22,23);1H. The highest BCUT2D eigenvalue weighted by molar-refractivity contribution is 14.0. The molecular formula is C20H33IN4O2. The molecular weight excluding hydrogens is 455 g/mol. The van der Waals surface area contributed by atoms with Crippen LogP contribution >= 0.6 is 24.0 Å². The Bertz CT molecular complexity index is 622. The molecule has 0 spiro atoms. The summed E-state index contributed by atoms with van der Waals surface area (Å²) in [5, 5.41) is 6.68. The van der Waals surface area contributed by atoms with Crippen molar-refractivity contribution in [3.63, 3.8) is 0 Å². The van der Waals surface area contributed by atoms with Crippen LogP contribution in [0.15, 0.2) is 29.3 Å². The van der Waals surface area contributed by atoms with E-state index in [4.69, 9.17) is 4.74 Å². The van der Waals surface area contributed by atoms with Crippen LogP contribution in [0.4, 0.5) is 4.79 Å². The number of nitrogens with zero attached hydrogens (tertiary/aromatic N) is 2. The molecule has 1 aliphatic carbocycles.